The van der Waals surface area contributed by atoms with E-state index in [1.807, 2.05) is 0 Å². The molecule has 0 aliphatic carbocycles. The Kier molecular flexibility index (Phi) is 4.29. The highest BCUT2D eigenvalue weighted by Crippen LogP contribution is 2.33. The predicted octanol–water partition coefficient (Wildman–Crippen LogP) is -0.129. The van der Waals surface area contributed by atoms with Crippen molar-refractivity contribution in [2.75, 3.05) is 6.61 Å². The molecule has 2 saturated heterocycles. The second-order valence-corrected chi connectivity index (χ2v) is 5.67. The van der Waals surface area contributed by atoms with Gasteiger partial charge in [0.25, 0.3) is 0 Å². The van der Waals surface area contributed by atoms with Gasteiger partial charge in [0, 0.05) is 6.42 Å². The molecule has 9 nitrogen and oxygen atoms in total. The number of rotatable bonds is 4. The van der Waals surface area contributed by atoms with Crippen molar-refractivity contribution in [2.24, 2.45) is 10.8 Å². The first-order valence-corrected chi connectivity index (χ1v) is 7.44. The zero-order valence-electron chi connectivity index (χ0n) is 11.6. The standard InChI is InChI=1S/C11H15N7O2S2/c1-2-3-17-11(22)18(16-15-17)7-4-6(13-14-10(12)21)9-19-5-8(7)20-9/h2,7-9H,1,3-5H2,(H3,12,14,21). The smallest absolute Gasteiger partial charge is 0.216 e. The third kappa shape index (κ3) is 2.79. The average Bonchev–Trinajstić information content (AvgIpc) is 3.06. The number of aromatic nitrogens is 4. The Labute approximate surface area is 136 Å². The van der Waals surface area contributed by atoms with Crippen molar-refractivity contribution in [1.29, 1.82) is 0 Å². The number of hydrogen-bond acceptors (Lipinski definition) is 7. The minimum absolute atomic E-state index is 0.0812. The summed E-state index contributed by atoms with van der Waals surface area (Å²) in [6, 6.07) is -0.142. The van der Waals surface area contributed by atoms with E-state index in [0.29, 0.717) is 30.1 Å². The van der Waals surface area contributed by atoms with Crippen LogP contribution in [0.25, 0.3) is 0 Å². The van der Waals surface area contributed by atoms with Crippen LogP contribution in [0.15, 0.2) is 17.8 Å². The van der Waals surface area contributed by atoms with Gasteiger partial charge in [0.05, 0.1) is 24.9 Å². The van der Waals surface area contributed by atoms with Gasteiger partial charge in [-0.25, -0.2) is 9.36 Å². The SMILES string of the molecule is C=CCn1nnn(C2CC(=NNC(N)=S)C3OCC2O3)c1=S. The molecule has 0 radical (unpaired) electrons. The fourth-order valence-electron chi connectivity index (χ4n) is 2.44. The maximum Gasteiger partial charge on any atom is 0.216 e. The number of nitrogens with one attached hydrogen (secondary N) is 1. The molecule has 1 aromatic heterocycles. The normalized spacial score (nSPS) is 28.7. The summed E-state index contributed by atoms with van der Waals surface area (Å²) >= 11 is 10.1. The lowest BCUT2D eigenvalue weighted by atomic mass is 10.0. The Morgan fingerprint density at radius 3 is 3.14 bits per heavy atom. The number of nitrogens with zero attached hydrogens (tertiary/aromatic N) is 5. The lowest BCUT2D eigenvalue weighted by molar-refractivity contribution is -0.0324. The molecule has 0 aromatic carbocycles. The Morgan fingerprint density at radius 2 is 2.41 bits per heavy atom. The van der Waals surface area contributed by atoms with Crippen molar-refractivity contribution in [3.63, 3.8) is 0 Å². The molecule has 0 spiro atoms. The van der Waals surface area contributed by atoms with Gasteiger partial charge in [0.2, 0.25) is 4.77 Å². The fourth-order valence-corrected chi connectivity index (χ4v) is 2.77. The third-order valence-corrected chi connectivity index (χ3v) is 3.91. The van der Waals surface area contributed by atoms with Gasteiger partial charge < -0.3 is 15.2 Å². The van der Waals surface area contributed by atoms with Crippen molar-refractivity contribution < 1.29 is 9.47 Å². The van der Waals surface area contributed by atoms with E-state index in [1.165, 1.54) is 0 Å². The highest BCUT2D eigenvalue weighted by Gasteiger charge is 2.44. The molecule has 2 fully saturated rings. The summed E-state index contributed by atoms with van der Waals surface area (Å²) in [7, 11) is 0. The molecule has 22 heavy (non-hydrogen) atoms. The number of tetrazole rings is 1. The van der Waals surface area contributed by atoms with Crippen LogP contribution in [0.4, 0.5) is 0 Å². The molecule has 0 saturated carbocycles. The van der Waals surface area contributed by atoms with E-state index >= 15 is 0 Å². The average molecular weight is 341 g/mol. The van der Waals surface area contributed by atoms with Gasteiger partial charge in [0.1, 0.15) is 6.10 Å². The third-order valence-electron chi connectivity index (χ3n) is 3.42. The molecule has 3 atom stereocenters. The Bertz CT molecular complexity index is 682. The van der Waals surface area contributed by atoms with Crippen LogP contribution in [0, 0.1) is 4.77 Å². The first-order chi connectivity index (χ1) is 10.6. The summed E-state index contributed by atoms with van der Waals surface area (Å²) in [4.78, 5) is 0. The molecule has 2 bridgehead atoms. The molecule has 2 aliphatic rings. The van der Waals surface area contributed by atoms with Crippen molar-refractivity contribution in [3.8, 4) is 0 Å². The van der Waals surface area contributed by atoms with Gasteiger partial charge in [-0.2, -0.15) is 5.10 Å². The zero-order valence-corrected chi connectivity index (χ0v) is 13.2. The van der Waals surface area contributed by atoms with Crippen LogP contribution < -0.4 is 11.2 Å². The molecule has 118 valence electrons. The molecule has 3 heterocycles. The van der Waals surface area contributed by atoms with Crippen LogP contribution in [0.3, 0.4) is 0 Å². The quantitative estimate of drug-likeness (QED) is 0.443. The molecule has 1 aromatic rings. The van der Waals surface area contributed by atoms with Crippen LogP contribution in [0.2, 0.25) is 0 Å². The number of allylic oxidation sites excluding steroid dienone is 1. The molecule has 11 heteroatoms. The molecule has 3 rings (SSSR count). The van der Waals surface area contributed by atoms with E-state index < -0.39 is 6.29 Å². The Hall–Kier alpha value is -1.69. The maximum atomic E-state index is 5.79. The van der Waals surface area contributed by atoms with E-state index in [4.69, 9.17) is 39.6 Å². The van der Waals surface area contributed by atoms with E-state index in [-0.39, 0.29) is 17.3 Å². The zero-order chi connectivity index (χ0) is 15.7. The summed E-state index contributed by atoms with van der Waals surface area (Å²) in [5.41, 5.74) is 8.60. The van der Waals surface area contributed by atoms with Crippen molar-refractivity contribution >= 4 is 35.3 Å². The number of ether oxygens (including phenoxy) is 2. The van der Waals surface area contributed by atoms with Gasteiger partial charge in [0.15, 0.2) is 11.4 Å². The summed E-state index contributed by atoms with van der Waals surface area (Å²) in [5.74, 6) is 0. The van der Waals surface area contributed by atoms with Gasteiger partial charge in [-0.15, -0.1) is 6.58 Å². The second-order valence-electron chi connectivity index (χ2n) is 4.87. The number of thiocarbonyl (C=S) groups is 1. The van der Waals surface area contributed by atoms with Gasteiger partial charge >= 0.3 is 0 Å². The van der Waals surface area contributed by atoms with Gasteiger partial charge in [-0.05, 0) is 34.9 Å². The molecule has 0 amide bonds. The molecule has 3 unspecified atom stereocenters. The maximum absolute atomic E-state index is 5.79. The monoisotopic (exact) mass is 341 g/mol. The summed E-state index contributed by atoms with van der Waals surface area (Å²) in [6.07, 6.45) is 1.64. The largest absolute Gasteiger partial charge is 0.375 e. The van der Waals surface area contributed by atoms with Crippen LogP contribution >= 0.6 is 24.4 Å². The van der Waals surface area contributed by atoms with Crippen molar-refractivity contribution in [1.82, 2.24) is 25.2 Å². The lowest BCUT2D eigenvalue weighted by Crippen LogP contribution is -2.39. The van der Waals surface area contributed by atoms with E-state index in [0.717, 1.165) is 0 Å². The number of fused-ring (bicyclic) bond motifs is 2. The second kappa shape index (κ2) is 6.20. The van der Waals surface area contributed by atoms with E-state index in [2.05, 4.69) is 27.5 Å². The molecular weight excluding hydrogens is 326 g/mol. The van der Waals surface area contributed by atoms with Crippen LogP contribution in [0.1, 0.15) is 12.5 Å². The highest BCUT2D eigenvalue weighted by molar-refractivity contribution is 7.80. The highest BCUT2D eigenvalue weighted by atomic mass is 32.1. The topological polar surface area (TPSA) is 105 Å². The first kappa shape index (κ1) is 15.2. The van der Waals surface area contributed by atoms with Crippen molar-refractivity contribution in [3.05, 3.63) is 17.4 Å². The fraction of sp³-hybridized carbons (Fsp3) is 0.545. The van der Waals surface area contributed by atoms with Gasteiger partial charge in [-0.3, -0.25) is 5.43 Å². The minimum Gasteiger partial charge on any atom is -0.375 e. The Balaban J connectivity index is 1.87. The van der Waals surface area contributed by atoms with Crippen LogP contribution in [-0.4, -0.2) is 49.6 Å². The predicted molar refractivity (Wildman–Crippen MR) is 84.7 cm³/mol. The first-order valence-electron chi connectivity index (χ1n) is 6.62. The summed E-state index contributed by atoms with van der Waals surface area (Å²) in [5, 5.41) is 12.4. The molecular formula is C11H15N7O2S2. The van der Waals surface area contributed by atoms with E-state index in [9.17, 15) is 0 Å². The molecule has 2 aliphatic heterocycles. The van der Waals surface area contributed by atoms with Crippen LogP contribution in [-0.2, 0) is 16.0 Å². The van der Waals surface area contributed by atoms with Crippen LogP contribution in [0.5, 0.6) is 0 Å². The summed E-state index contributed by atoms with van der Waals surface area (Å²) in [6.45, 7) is 4.61. The van der Waals surface area contributed by atoms with Gasteiger partial charge in [-0.1, -0.05) is 6.08 Å². The Morgan fingerprint density at radius 1 is 1.59 bits per heavy atom. The lowest BCUT2D eigenvalue weighted by Gasteiger charge is -2.27. The number of hydrazone groups is 1. The van der Waals surface area contributed by atoms with Crippen molar-refractivity contribution in [2.45, 2.75) is 31.4 Å². The number of hydrogen-bond donors (Lipinski definition) is 2. The number of nitrogens with two attached hydrogens (primary N) is 1. The minimum atomic E-state index is -0.486. The molecule has 3 N–H and O–H groups in total. The summed E-state index contributed by atoms with van der Waals surface area (Å²) < 4.78 is 15.1. The van der Waals surface area contributed by atoms with E-state index in [1.54, 1.807) is 15.4 Å².